The fraction of sp³-hybridized carbons (Fsp3) is 0. The van der Waals surface area contributed by atoms with Crippen molar-refractivity contribution < 1.29 is 25.9 Å². The lowest BCUT2D eigenvalue weighted by molar-refractivity contribution is 0.482. The van der Waals surface area contributed by atoms with Crippen molar-refractivity contribution in [2.45, 2.75) is 9.79 Å². The Morgan fingerprint density at radius 3 is 1.37 bits per heavy atom. The molecule has 0 aliphatic carbocycles. The molecule has 0 fully saturated rings. The van der Waals surface area contributed by atoms with Crippen molar-refractivity contribution in [2.24, 2.45) is 0 Å². The van der Waals surface area contributed by atoms with E-state index in [-0.39, 0.29) is 34.4 Å². The Labute approximate surface area is 223 Å². The van der Waals surface area contributed by atoms with Gasteiger partial charge in [-0.15, -0.1) is 0 Å². The van der Waals surface area contributed by atoms with Crippen molar-refractivity contribution in [1.29, 1.82) is 0 Å². The van der Waals surface area contributed by atoms with E-state index in [1.807, 2.05) is 0 Å². The summed E-state index contributed by atoms with van der Waals surface area (Å²) >= 11 is 12.0. The highest BCUT2D eigenvalue weighted by Gasteiger charge is 2.26. The molecular weight excluding hydrogens is 587 g/mol. The number of rotatable bonds is 2. The van der Waals surface area contributed by atoms with Crippen LogP contribution in [0.15, 0.2) is 46.2 Å². The monoisotopic (exact) mass is 598 g/mol. The summed E-state index contributed by atoms with van der Waals surface area (Å²) < 4.78 is 68.1. The SMILES string of the molecule is O=S(=O)(O)c1cc(S(=O)(=O)O)c2cc1Nc1nc(Cl)nc(n1)Nc1cccc(c1)Nc1nc(Cl)nc(n1)N2. The Morgan fingerprint density at radius 1 is 0.579 bits per heavy atom. The minimum absolute atomic E-state index is 0.0523. The number of hydrogen-bond acceptors (Lipinski definition) is 14. The number of aromatic nitrogens is 6. The minimum atomic E-state index is -5.06. The second kappa shape index (κ2) is 9.42. The maximum Gasteiger partial charge on any atom is 0.296 e. The number of hydrogen-bond donors (Lipinski definition) is 6. The number of anilines is 8. The first-order valence-corrected chi connectivity index (χ1v) is 13.6. The fourth-order valence-corrected chi connectivity index (χ4v) is 4.99. The van der Waals surface area contributed by atoms with Crippen LogP contribution in [-0.2, 0) is 20.2 Å². The first-order chi connectivity index (χ1) is 17.8. The second-order valence-corrected chi connectivity index (χ2v) is 10.8. The highest BCUT2D eigenvalue weighted by Crippen LogP contribution is 2.35. The Bertz CT molecular complexity index is 1700. The van der Waals surface area contributed by atoms with Crippen LogP contribution < -0.4 is 21.3 Å². The number of benzene rings is 2. The van der Waals surface area contributed by atoms with E-state index in [0.29, 0.717) is 17.4 Å². The number of nitrogens with zero attached hydrogens (tertiary/aromatic N) is 6. The molecule has 0 amide bonds. The maximum atomic E-state index is 12.1. The lowest BCUT2D eigenvalue weighted by Crippen LogP contribution is -2.12. The molecule has 0 saturated carbocycles. The zero-order valence-electron chi connectivity index (χ0n) is 18.2. The third-order valence-corrected chi connectivity index (χ3v) is 6.85. The van der Waals surface area contributed by atoms with Gasteiger partial charge >= 0.3 is 0 Å². The van der Waals surface area contributed by atoms with Gasteiger partial charge in [-0.25, -0.2) is 0 Å². The van der Waals surface area contributed by atoms with Gasteiger partial charge in [0.05, 0.1) is 11.4 Å². The van der Waals surface area contributed by atoms with Crippen LogP contribution in [0.5, 0.6) is 0 Å². The normalized spacial score (nSPS) is 12.9. The summed E-state index contributed by atoms with van der Waals surface area (Å²) in [6.45, 7) is 0. The third-order valence-electron chi connectivity index (χ3n) is 4.72. The Hall–Kier alpha value is -3.94. The zero-order valence-corrected chi connectivity index (χ0v) is 21.4. The van der Waals surface area contributed by atoms with Gasteiger partial charge in [0.2, 0.25) is 34.4 Å². The average molecular weight is 599 g/mol. The van der Waals surface area contributed by atoms with E-state index in [4.69, 9.17) is 23.2 Å². The van der Waals surface area contributed by atoms with E-state index in [2.05, 4.69) is 51.2 Å². The van der Waals surface area contributed by atoms with Gasteiger partial charge in [-0.05, 0) is 53.5 Å². The summed E-state index contributed by atoms with van der Waals surface area (Å²) in [5.41, 5.74) is 0.158. The predicted octanol–water partition coefficient (Wildman–Crippen LogP) is 3.14. The number of fused-ring (bicyclic) bond motifs is 8. The molecule has 8 bridgehead atoms. The molecule has 196 valence electrons. The molecule has 2 aromatic carbocycles. The summed E-state index contributed by atoms with van der Waals surface area (Å²) in [6, 6.07) is 8.12. The molecule has 20 heteroatoms. The van der Waals surface area contributed by atoms with Gasteiger partial charge in [-0.1, -0.05) is 6.07 Å². The maximum absolute atomic E-state index is 12.1. The van der Waals surface area contributed by atoms with Crippen LogP contribution in [0.1, 0.15) is 0 Å². The van der Waals surface area contributed by atoms with Gasteiger partial charge in [0.15, 0.2) is 0 Å². The molecule has 5 rings (SSSR count). The van der Waals surface area contributed by atoms with E-state index in [9.17, 15) is 25.9 Å². The molecule has 3 heterocycles. The van der Waals surface area contributed by atoms with Crippen LogP contribution in [0.3, 0.4) is 0 Å². The van der Waals surface area contributed by atoms with E-state index in [0.717, 1.165) is 6.07 Å². The summed E-state index contributed by atoms with van der Waals surface area (Å²) in [4.78, 5) is 22.1. The van der Waals surface area contributed by atoms with Crippen LogP contribution in [0.4, 0.5) is 46.5 Å². The molecule has 0 unspecified atom stereocenters. The van der Waals surface area contributed by atoms with E-state index >= 15 is 0 Å². The first-order valence-electron chi connectivity index (χ1n) is 9.98. The van der Waals surface area contributed by atoms with Gasteiger partial charge in [0.25, 0.3) is 20.2 Å². The van der Waals surface area contributed by atoms with Crippen LogP contribution in [0.2, 0.25) is 10.6 Å². The van der Waals surface area contributed by atoms with Gasteiger partial charge < -0.3 is 21.3 Å². The summed E-state index contributed by atoms with van der Waals surface area (Å²) in [5, 5.41) is 10.3. The van der Waals surface area contributed by atoms with Crippen LogP contribution in [0.25, 0.3) is 0 Å². The van der Waals surface area contributed by atoms with Crippen LogP contribution >= 0.6 is 23.2 Å². The standard InChI is InChI=1S/C18H12Cl2N10O6S2/c19-13-25-15-21-7-2-1-3-8(4-7)22-16-26-14(20)28-18(30-16)24-10-5-9(23-17(27-13)29-15)11(37(31,32)33)6-12(10)38(34,35)36/h1-6H,(H,31,32,33)(H,34,35,36)(H2,21,23,25,27,29)(H2,22,24,26,28,30). The molecule has 6 N–H and O–H groups in total. The third kappa shape index (κ3) is 5.64. The lowest BCUT2D eigenvalue weighted by Gasteiger charge is -2.16. The molecule has 1 aliphatic rings. The average Bonchev–Trinajstić information content (AvgIpc) is 2.76. The molecule has 4 aromatic rings. The molecule has 1 aliphatic heterocycles. The largest absolute Gasteiger partial charge is 0.324 e. The molecule has 16 nitrogen and oxygen atoms in total. The Kier molecular flexibility index (Phi) is 6.37. The van der Waals surface area contributed by atoms with Crippen LogP contribution in [-0.4, -0.2) is 55.8 Å². The highest BCUT2D eigenvalue weighted by atomic mass is 35.5. The zero-order chi connectivity index (χ0) is 27.2. The number of nitrogens with one attached hydrogen (secondary N) is 4. The molecule has 2 aromatic heterocycles. The predicted molar refractivity (Wildman–Crippen MR) is 135 cm³/mol. The van der Waals surface area contributed by atoms with Gasteiger partial charge in [0.1, 0.15) is 9.79 Å². The van der Waals surface area contributed by atoms with Gasteiger partial charge in [-0.2, -0.15) is 46.7 Å². The fourth-order valence-electron chi connectivity index (χ4n) is 3.28. The Morgan fingerprint density at radius 2 is 0.974 bits per heavy atom. The quantitative estimate of drug-likeness (QED) is 0.160. The molecule has 0 spiro atoms. The topological polar surface area (TPSA) is 234 Å². The van der Waals surface area contributed by atoms with E-state index in [1.165, 1.54) is 0 Å². The van der Waals surface area contributed by atoms with Gasteiger partial charge in [0, 0.05) is 11.4 Å². The summed E-state index contributed by atoms with van der Waals surface area (Å²) in [5.74, 6) is -0.670. The number of halogens is 2. The van der Waals surface area contributed by atoms with E-state index < -0.39 is 41.4 Å². The van der Waals surface area contributed by atoms with Crippen molar-refractivity contribution in [3.63, 3.8) is 0 Å². The molecular formula is C18H12Cl2N10O6S2. The van der Waals surface area contributed by atoms with Crippen molar-refractivity contribution >= 4 is 90.0 Å². The lowest BCUT2D eigenvalue weighted by atomic mass is 10.2. The van der Waals surface area contributed by atoms with Crippen molar-refractivity contribution in [1.82, 2.24) is 29.9 Å². The molecule has 38 heavy (non-hydrogen) atoms. The highest BCUT2D eigenvalue weighted by molar-refractivity contribution is 7.86. The first kappa shape index (κ1) is 25.7. The van der Waals surface area contributed by atoms with Crippen LogP contribution in [0, 0.1) is 0 Å². The summed E-state index contributed by atoms with van der Waals surface area (Å²) in [7, 11) is -10.1. The van der Waals surface area contributed by atoms with Gasteiger partial charge in [-0.3, -0.25) is 9.11 Å². The smallest absolute Gasteiger partial charge is 0.296 e. The summed E-state index contributed by atoms with van der Waals surface area (Å²) in [6.07, 6.45) is 0. The minimum Gasteiger partial charge on any atom is -0.324 e. The molecule has 0 radical (unpaired) electrons. The van der Waals surface area contributed by atoms with Crippen molar-refractivity contribution in [2.75, 3.05) is 21.3 Å². The van der Waals surface area contributed by atoms with Crippen molar-refractivity contribution in [3.8, 4) is 0 Å². The molecule has 0 saturated heterocycles. The Balaban J connectivity index is 1.78. The van der Waals surface area contributed by atoms with E-state index in [1.54, 1.807) is 24.3 Å². The van der Waals surface area contributed by atoms with Crippen molar-refractivity contribution in [3.05, 3.63) is 47.0 Å². The molecule has 0 atom stereocenters. The second-order valence-electron chi connectivity index (χ2n) is 7.38.